The quantitative estimate of drug-likeness (QED) is 0.537. The molecule has 1 amide bonds. The minimum Gasteiger partial charge on any atom is -0.465 e. The molecule has 1 atom stereocenters. The van der Waals surface area contributed by atoms with Gasteiger partial charge in [-0.05, 0) is 37.5 Å². The zero-order valence-corrected chi connectivity index (χ0v) is 18.8. The number of methoxy groups -OCH3 is 2. The highest BCUT2D eigenvalue weighted by Crippen LogP contribution is 2.34. The summed E-state index contributed by atoms with van der Waals surface area (Å²) in [6.07, 6.45) is 1.37. The molecule has 1 unspecified atom stereocenters. The van der Waals surface area contributed by atoms with Gasteiger partial charge in [-0.3, -0.25) is 4.79 Å². The third kappa shape index (κ3) is 4.57. The van der Waals surface area contributed by atoms with Crippen molar-refractivity contribution in [3.8, 4) is 0 Å². The number of thiocarbonyl (C=S) groups is 1. The molecule has 1 N–H and O–H groups in total. The van der Waals surface area contributed by atoms with E-state index in [0.29, 0.717) is 53.3 Å². The van der Waals surface area contributed by atoms with Gasteiger partial charge >= 0.3 is 11.9 Å². The van der Waals surface area contributed by atoms with Gasteiger partial charge in [-0.15, -0.1) is 11.3 Å². The molecule has 0 spiro atoms. The first kappa shape index (κ1) is 22.4. The molecule has 0 saturated carbocycles. The molecule has 9 nitrogen and oxygen atoms in total. The van der Waals surface area contributed by atoms with Gasteiger partial charge in [0.25, 0.3) is 5.91 Å². The molecule has 2 fully saturated rings. The van der Waals surface area contributed by atoms with E-state index in [-0.39, 0.29) is 17.6 Å². The summed E-state index contributed by atoms with van der Waals surface area (Å²) in [7, 11) is 2.57. The fourth-order valence-electron chi connectivity index (χ4n) is 3.52. The summed E-state index contributed by atoms with van der Waals surface area (Å²) < 4.78 is 15.1. The van der Waals surface area contributed by atoms with Crippen LogP contribution in [-0.2, 0) is 19.0 Å². The zero-order chi connectivity index (χ0) is 21.8. The van der Waals surface area contributed by atoms with Gasteiger partial charge < -0.3 is 29.3 Å². The van der Waals surface area contributed by atoms with Crippen molar-refractivity contribution in [3.63, 3.8) is 0 Å². The van der Waals surface area contributed by atoms with Crippen LogP contribution in [0.3, 0.4) is 0 Å². The number of hydrogen-bond donors (Lipinski definition) is 1. The number of piperazine rings is 1. The second-order valence-electron chi connectivity index (χ2n) is 6.99. The van der Waals surface area contributed by atoms with E-state index < -0.39 is 11.9 Å². The van der Waals surface area contributed by atoms with Crippen LogP contribution in [0.1, 0.15) is 38.4 Å². The van der Waals surface area contributed by atoms with Crippen molar-refractivity contribution in [3.05, 3.63) is 16.0 Å². The molecular formula is C19H25N3O6S2. The summed E-state index contributed by atoms with van der Waals surface area (Å²) in [5.41, 5.74) is 0.744. The van der Waals surface area contributed by atoms with E-state index in [2.05, 4.69) is 5.32 Å². The number of ether oxygens (including phenoxy) is 3. The third-order valence-corrected chi connectivity index (χ3v) is 6.76. The maximum absolute atomic E-state index is 12.5. The number of rotatable bonds is 4. The fourth-order valence-corrected chi connectivity index (χ4v) is 4.98. The van der Waals surface area contributed by atoms with Crippen LogP contribution >= 0.6 is 23.6 Å². The monoisotopic (exact) mass is 455 g/mol. The maximum atomic E-state index is 12.5. The van der Waals surface area contributed by atoms with E-state index in [9.17, 15) is 14.4 Å². The number of esters is 2. The lowest BCUT2D eigenvalue weighted by Crippen LogP contribution is -2.53. The molecule has 0 aliphatic carbocycles. The molecule has 2 saturated heterocycles. The molecule has 1 aromatic heterocycles. The fraction of sp³-hybridized carbons (Fsp3) is 0.579. The summed E-state index contributed by atoms with van der Waals surface area (Å²) in [5, 5.41) is 3.93. The first-order valence-corrected chi connectivity index (χ1v) is 10.9. The van der Waals surface area contributed by atoms with Gasteiger partial charge in [0.15, 0.2) is 5.11 Å². The van der Waals surface area contributed by atoms with Crippen LogP contribution < -0.4 is 5.32 Å². The Balaban J connectivity index is 1.67. The van der Waals surface area contributed by atoms with Gasteiger partial charge in [-0.1, -0.05) is 0 Å². The van der Waals surface area contributed by atoms with Crippen molar-refractivity contribution in [1.29, 1.82) is 0 Å². The van der Waals surface area contributed by atoms with E-state index in [1.54, 1.807) is 11.8 Å². The van der Waals surface area contributed by atoms with Crippen molar-refractivity contribution in [2.75, 3.05) is 52.3 Å². The Morgan fingerprint density at radius 1 is 1.10 bits per heavy atom. The Hall–Kier alpha value is -2.24. The number of amides is 1. The van der Waals surface area contributed by atoms with Gasteiger partial charge in [-0.25, -0.2) is 9.59 Å². The van der Waals surface area contributed by atoms with Crippen molar-refractivity contribution in [2.24, 2.45) is 0 Å². The Kier molecular flexibility index (Phi) is 7.27. The summed E-state index contributed by atoms with van der Waals surface area (Å²) in [6, 6.07) is 0. The molecule has 30 heavy (non-hydrogen) atoms. The lowest BCUT2D eigenvalue weighted by Gasteiger charge is -2.37. The molecule has 3 rings (SSSR count). The molecule has 1 aromatic rings. The van der Waals surface area contributed by atoms with Gasteiger partial charge in [0.05, 0.1) is 19.8 Å². The van der Waals surface area contributed by atoms with Crippen LogP contribution in [0.15, 0.2) is 0 Å². The van der Waals surface area contributed by atoms with Gasteiger partial charge in [0.2, 0.25) is 0 Å². The molecule has 0 bridgehead atoms. The van der Waals surface area contributed by atoms with Gasteiger partial charge in [0, 0.05) is 32.8 Å². The second kappa shape index (κ2) is 9.71. The van der Waals surface area contributed by atoms with Crippen LogP contribution in [-0.4, -0.2) is 85.9 Å². The molecule has 164 valence electrons. The molecule has 2 aliphatic rings. The van der Waals surface area contributed by atoms with Crippen molar-refractivity contribution < 1.29 is 28.6 Å². The van der Waals surface area contributed by atoms with Crippen LogP contribution in [0.2, 0.25) is 0 Å². The Labute approximate surface area is 184 Å². The molecule has 0 aromatic carbocycles. The first-order valence-electron chi connectivity index (χ1n) is 9.63. The SMILES string of the molecule is COC(=O)c1sc(NC(=S)N2CCN(C(=O)C3CCCO3)CC2)c(C(=O)OC)c1C. The third-order valence-electron chi connectivity index (χ3n) is 5.21. The summed E-state index contributed by atoms with van der Waals surface area (Å²) in [5.74, 6) is -1.05. The number of hydrogen-bond acceptors (Lipinski definition) is 8. The topological polar surface area (TPSA) is 97.4 Å². The number of carbonyl (C=O) groups is 3. The maximum Gasteiger partial charge on any atom is 0.348 e. The lowest BCUT2D eigenvalue weighted by molar-refractivity contribution is -0.142. The minimum atomic E-state index is -0.559. The van der Waals surface area contributed by atoms with Gasteiger partial charge in [-0.2, -0.15) is 0 Å². The molecule has 0 radical (unpaired) electrons. The number of nitrogens with one attached hydrogen (secondary N) is 1. The van der Waals surface area contributed by atoms with Crippen molar-refractivity contribution in [1.82, 2.24) is 9.80 Å². The van der Waals surface area contributed by atoms with E-state index in [4.69, 9.17) is 26.4 Å². The standard InChI is InChI=1S/C19H25N3O6S2/c1-11-13(17(24)26-2)15(30-14(11)18(25)27-3)20-19(29)22-8-6-21(7-9-22)16(23)12-5-4-10-28-12/h12H,4-10H2,1-3H3,(H,20,29). The molecular weight excluding hydrogens is 430 g/mol. The van der Waals surface area contributed by atoms with E-state index in [1.165, 1.54) is 14.2 Å². The smallest absolute Gasteiger partial charge is 0.348 e. The van der Waals surface area contributed by atoms with Crippen LogP contribution in [0, 0.1) is 6.92 Å². The lowest BCUT2D eigenvalue weighted by atomic mass is 10.1. The summed E-state index contributed by atoms with van der Waals surface area (Å²) in [6.45, 7) is 4.51. The summed E-state index contributed by atoms with van der Waals surface area (Å²) in [4.78, 5) is 40.8. The highest BCUT2D eigenvalue weighted by molar-refractivity contribution is 7.80. The first-order chi connectivity index (χ1) is 14.4. The molecule has 3 heterocycles. The predicted octanol–water partition coefficient (Wildman–Crippen LogP) is 1.65. The average Bonchev–Trinajstić information content (AvgIpc) is 3.40. The van der Waals surface area contributed by atoms with E-state index in [0.717, 1.165) is 24.2 Å². The Bertz CT molecular complexity index is 842. The largest absolute Gasteiger partial charge is 0.465 e. The van der Waals surface area contributed by atoms with E-state index >= 15 is 0 Å². The van der Waals surface area contributed by atoms with Crippen molar-refractivity contribution >= 4 is 51.5 Å². The number of carbonyl (C=O) groups excluding carboxylic acids is 3. The molecule has 11 heteroatoms. The Morgan fingerprint density at radius 2 is 1.73 bits per heavy atom. The van der Waals surface area contributed by atoms with Crippen molar-refractivity contribution in [2.45, 2.75) is 25.9 Å². The van der Waals surface area contributed by atoms with Crippen LogP contribution in [0.25, 0.3) is 0 Å². The summed E-state index contributed by atoms with van der Waals surface area (Å²) >= 11 is 6.62. The minimum absolute atomic E-state index is 0.0376. The second-order valence-corrected chi connectivity index (χ2v) is 8.39. The number of nitrogens with zero attached hydrogens (tertiary/aromatic N) is 2. The normalized spacial score (nSPS) is 18.8. The predicted molar refractivity (Wildman–Crippen MR) is 115 cm³/mol. The Morgan fingerprint density at radius 3 is 2.30 bits per heavy atom. The number of anilines is 1. The molecule has 2 aliphatic heterocycles. The van der Waals surface area contributed by atoms with Crippen LogP contribution in [0.4, 0.5) is 5.00 Å². The van der Waals surface area contributed by atoms with E-state index in [1.807, 2.05) is 4.90 Å². The number of thiophene rings is 1. The van der Waals surface area contributed by atoms with Crippen LogP contribution in [0.5, 0.6) is 0 Å². The highest BCUT2D eigenvalue weighted by Gasteiger charge is 2.31. The zero-order valence-electron chi connectivity index (χ0n) is 17.2. The average molecular weight is 456 g/mol. The highest BCUT2D eigenvalue weighted by atomic mass is 32.1. The van der Waals surface area contributed by atoms with Gasteiger partial charge in [0.1, 0.15) is 16.0 Å².